The van der Waals surface area contributed by atoms with Gasteiger partial charge in [0, 0.05) is 28.2 Å². The van der Waals surface area contributed by atoms with Crippen molar-refractivity contribution in [3.63, 3.8) is 0 Å². The molecule has 0 fully saturated rings. The van der Waals surface area contributed by atoms with Crippen molar-refractivity contribution in [1.29, 1.82) is 0 Å². The molecule has 0 aromatic rings. The lowest BCUT2D eigenvalue weighted by Crippen LogP contribution is -2.47. The van der Waals surface area contributed by atoms with Gasteiger partial charge in [0.1, 0.15) is 32.5 Å². The molecule has 0 radical (unpaired) electrons. The summed E-state index contributed by atoms with van der Waals surface area (Å²) < 4.78 is 39.0. The highest BCUT2D eigenvalue weighted by Gasteiger charge is 2.39. The number of aliphatic hydroxyl groups excluding tert-OH is 1. The molecule has 3 atom stereocenters. The fraction of sp³-hybridized carbons (Fsp3) is 0.618. The fourth-order valence-electron chi connectivity index (χ4n) is 3.20. The van der Waals surface area contributed by atoms with Crippen LogP contribution in [0.2, 0.25) is 0 Å². The van der Waals surface area contributed by atoms with Crippen molar-refractivity contribution in [3.8, 4) is 0 Å². The second-order valence-corrected chi connectivity index (χ2v) is 12.3. The van der Waals surface area contributed by atoms with Gasteiger partial charge in [0.25, 0.3) is 0 Å². The summed E-state index contributed by atoms with van der Waals surface area (Å²) in [5.74, 6) is -5.19. The minimum atomic E-state index is -1.45. The second-order valence-electron chi connectivity index (χ2n) is 12.3. The number of hydrogen-bond acceptors (Lipinski definition) is 13. The van der Waals surface area contributed by atoms with Gasteiger partial charge in [-0.25, -0.2) is 19.2 Å². The van der Waals surface area contributed by atoms with Crippen LogP contribution in [0.15, 0.2) is 48.6 Å². The molecule has 13 heteroatoms. The number of carbonyl (C=O) groups excluding carboxylic acids is 5. The van der Waals surface area contributed by atoms with E-state index in [2.05, 4.69) is 26.3 Å². The maximum Gasteiger partial charge on any atom is 0.333 e. The first-order valence-electron chi connectivity index (χ1n) is 15.1. The minimum Gasteiger partial charge on any atom is -0.465 e. The van der Waals surface area contributed by atoms with E-state index in [1.807, 2.05) is 0 Å². The van der Waals surface area contributed by atoms with E-state index in [-0.39, 0.29) is 54.6 Å². The summed E-state index contributed by atoms with van der Waals surface area (Å²) >= 11 is 0. The lowest BCUT2D eigenvalue weighted by molar-refractivity contribution is -0.193. The third kappa shape index (κ3) is 17.1. The molecule has 0 saturated carbocycles. The van der Waals surface area contributed by atoms with Crippen LogP contribution in [0.1, 0.15) is 55.4 Å². The number of aliphatic hydroxyl groups is 1. The third-order valence-corrected chi connectivity index (χ3v) is 6.39. The third-order valence-electron chi connectivity index (χ3n) is 6.39. The fourth-order valence-corrected chi connectivity index (χ4v) is 3.20. The molecule has 13 nitrogen and oxygen atoms in total. The molecule has 0 aliphatic carbocycles. The van der Waals surface area contributed by atoms with Gasteiger partial charge in [0.15, 0.2) is 6.29 Å². The molecule has 0 heterocycles. The molecule has 0 aromatic carbocycles. The predicted molar refractivity (Wildman–Crippen MR) is 171 cm³/mol. The highest BCUT2D eigenvalue weighted by Crippen LogP contribution is 2.26. The zero-order chi connectivity index (χ0) is 36.5. The van der Waals surface area contributed by atoms with Crippen LogP contribution in [-0.4, -0.2) is 93.6 Å². The molecule has 0 spiro atoms. The lowest BCUT2D eigenvalue weighted by atomic mass is 9.91. The van der Waals surface area contributed by atoms with Crippen molar-refractivity contribution in [2.24, 2.45) is 23.2 Å². The highest BCUT2D eigenvalue weighted by molar-refractivity contribution is 5.88. The van der Waals surface area contributed by atoms with Crippen LogP contribution in [0.4, 0.5) is 0 Å². The Bertz CT molecular complexity index is 1120. The summed E-state index contributed by atoms with van der Waals surface area (Å²) in [4.78, 5) is 61.9. The van der Waals surface area contributed by atoms with Gasteiger partial charge in [0.2, 0.25) is 0 Å². The monoisotopic (exact) mass is 668 g/mol. The quantitative estimate of drug-likeness (QED) is 0.0725. The van der Waals surface area contributed by atoms with Crippen LogP contribution in [0.25, 0.3) is 0 Å². The SMILES string of the molecule is C=C(C)C(=O)OCC(COC(=O)C(C)C)C(COC(=O)C(=C)C)OCC(COC(=O)C(=C)C)(COC(=O)C(=C)C)COC(O)C(C)C. The number of carbonyl (C=O) groups is 5. The smallest absolute Gasteiger partial charge is 0.333 e. The Labute approximate surface area is 277 Å². The molecule has 47 heavy (non-hydrogen) atoms. The number of ether oxygens (including phenoxy) is 7. The van der Waals surface area contributed by atoms with Crippen molar-refractivity contribution in [3.05, 3.63) is 48.6 Å². The summed E-state index contributed by atoms with van der Waals surface area (Å²) in [5.41, 5.74) is -1.04. The molecule has 0 bridgehead atoms. The van der Waals surface area contributed by atoms with Gasteiger partial charge in [-0.3, -0.25) is 4.79 Å². The van der Waals surface area contributed by atoms with Crippen LogP contribution in [0.5, 0.6) is 0 Å². The molecule has 0 aromatic heterocycles. The van der Waals surface area contributed by atoms with Crippen LogP contribution in [0.3, 0.4) is 0 Å². The zero-order valence-electron chi connectivity index (χ0n) is 29.0. The molecular weight excluding hydrogens is 616 g/mol. The van der Waals surface area contributed by atoms with E-state index < -0.39 is 79.3 Å². The van der Waals surface area contributed by atoms with Crippen LogP contribution >= 0.6 is 0 Å². The van der Waals surface area contributed by atoms with Crippen molar-refractivity contribution < 1.29 is 62.2 Å². The van der Waals surface area contributed by atoms with Crippen LogP contribution < -0.4 is 0 Å². The van der Waals surface area contributed by atoms with Gasteiger partial charge in [-0.15, -0.1) is 0 Å². The van der Waals surface area contributed by atoms with E-state index in [4.69, 9.17) is 33.2 Å². The predicted octanol–water partition coefficient (Wildman–Crippen LogP) is 3.64. The van der Waals surface area contributed by atoms with Crippen molar-refractivity contribution >= 4 is 29.8 Å². The molecule has 0 aliphatic rings. The Hall–Kier alpha value is -3.81. The van der Waals surface area contributed by atoms with Gasteiger partial charge in [-0.2, -0.15) is 0 Å². The first kappa shape index (κ1) is 43.2. The Morgan fingerprint density at radius 1 is 0.574 bits per heavy atom. The molecule has 266 valence electrons. The standard InChI is InChI=1S/C34H52O13/c1-20(2)28(35)41-13-26(14-42-29(36)21(3)4)27(15-43-30(37)22(5)6)44-16-34(17-45-31(38)23(7)8,18-46-32(39)24(9)10)19-47-33(40)25(11)12/h21,25-27,33,40H,1,5,7,9,13-19H2,2-4,6,8,10-12H3. The Balaban J connectivity index is 6.76. The van der Waals surface area contributed by atoms with E-state index in [0.717, 1.165) is 0 Å². The average Bonchev–Trinajstić information content (AvgIpc) is 3.00. The van der Waals surface area contributed by atoms with E-state index in [1.165, 1.54) is 27.7 Å². The van der Waals surface area contributed by atoms with Crippen molar-refractivity contribution in [2.75, 3.05) is 46.2 Å². The first-order chi connectivity index (χ1) is 21.7. The van der Waals surface area contributed by atoms with Gasteiger partial charge in [-0.1, -0.05) is 54.0 Å². The molecule has 0 saturated heterocycles. The van der Waals surface area contributed by atoms with E-state index in [0.29, 0.717) is 0 Å². The van der Waals surface area contributed by atoms with Gasteiger partial charge in [0.05, 0.1) is 37.1 Å². The summed E-state index contributed by atoms with van der Waals surface area (Å²) in [6.45, 7) is 24.2. The van der Waals surface area contributed by atoms with Gasteiger partial charge < -0.3 is 38.3 Å². The topological polar surface area (TPSA) is 170 Å². The maximum atomic E-state index is 12.4. The normalized spacial score (nSPS) is 13.2. The summed E-state index contributed by atoms with van der Waals surface area (Å²) in [7, 11) is 0. The van der Waals surface area contributed by atoms with E-state index >= 15 is 0 Å². The first-order valence-corrected chi connectivity index (χ1v) is 15.1. The van der Waals surface area contributed by atoms with Gasteiger partial charge >= 0.3 is 29.8 Å². The molecule has 1 N–H and O–H groups in total. The molecule has 0 amide bonds. The molecule has 0 aliphatic heterocycles. The highest BCUT2D eigenvalue weighted by atomic mass is 16.6. The van der Waals surface area contributed by atoms with Crippen molar-refractivity contribution in [2.45, 2.75) is 67.8 Å². The number of esters is 5. The molecule has 0 rings (SSSR count). The molecule has 3 unspecified atom stereocenters. The Morgan fingerprint density at radius 3 is 1.36 bits per heavy atom. The average molecular weight is 669 g/mol. The minimum absolute atomic E-state index is 0.0952. The largest absolute Gasteiger partial charge is 0.465 e. The summed E-state index contributed by atoms with van der Waals surface area (Å²) in [6, 6.07) is 0. The lowest BCUT2D eigenvalue weighted by Gasteiger charge is -2.36. The summed E-state index contributed by atoms with van der Waals surface area (Å²) in [6.07, 6.45) is -2.36. The maximum absolute atomic E-state index is 12.4. The number of rotatable bonds is 23. The summed E-state index contributed by atoms with van der Waals surface area (Å²) in [5, 5.41) is 10.4. The van der Waals surface area contributed by atoms with E-state index in [1.54, 1.807) is 27.7 Å². The zero-order valence-corrected chi connectivity index (χ0v) is 29.0. The Morgan fingerprint density at radius 2 is 0.957 bits per heavy atom. The number of hydrogen-bond donors (Lipinski definition) is 1. The van der Waals surface area contributed by atoms with Crippen LogP contribution in [-0.2, 0) is 57.1 Å². The Kier molecular flexibility index (Phi) is 19.4. The second kappa shape index (κ2) is 21.1. The van der Waals surface area contributed by atoms with E-state index in [9.17, 15) is 29.1 Å². The molecular formula is C34H52O13. The van der Waals surface area contributed by atoms with Crippen LogP contribution in [0, 0.1) is 23.2 Å². The van der Waals surface area contributed by atoms with Crippen molar-refractivity contribution in [1.82, 2.24) is 0 Å². The van der Waals surface area contributed by atoms with Gasteiger partial charge in [-0.05, 0) is 27.7 Å².